The fraction of sp³-hybridized carbons (Fsp3) is 0.301. The predicted molar refractivity (Wildman–Crippen MR) is 449 cm³/mol. The van der Waals surface area contributed by atoms with Crippen LogP contribution in [0.5, 0.6) is 40.2 Å². The third-order valence-corrected chi connectivity index (χ3v) is 25.2. The molecule has 2 unspecified atom stereocenters. The quantitative estimate of drug-likeness (QED) is 0.0608. The third kappa shape index (κ3) is 16.7. The van der Waals surface area contributed by atoms with Crippen molar-refractivity contribution in [2.75, 3.05) is 62.2 Å². The number of anilines is 2. The second-order valence-corrected chi connectivity index (χ2v) is 39.3. The second kappa shape index (κ2) is 32.9. The van der Waals surface area contributed by atoms with Crippen LogP contribution in [0.1, 0.15) is 88.8 Å². The summed E-state index contributed by atoms with van der Waals surface area (Å²) in [6.45, 7) is 10.6. The Morgan fingerprint density at radius 1 is 0.464 bits per heavy atom. The first kappa shape index (κ1) is 75.9. The number of likely N-dealkylation sites (tertiary alicyclic amines) is 2. The normalized spacial score (nSPS) is 19.3. The van der Waals surface area contributed by atoms with Crippen LogP contribution in [0.25, 0.3) is 41.1 Å². The molecule has 18 rings (SSSR count). The van der Waals surface area contributed by atoms with E-state index in [9.17, 15) is 33.9 Å². The van der Waals surface area contributed by atoms with Crippen molar-refractivity contribution in [3.8, 4) is 61.1 Å². The van der Waals surface area contributed by atoms with Crippen LogP contribution in [0.3, 0.4) is 0 Å². The van der Waals surface area contributed by atoms with Gasteiger partial charge in [-0.3, -0.25) is 49.2 Å². The number of fused-ring (bicyclic) bond motifs is 4. The highest BCUT2D eigenvalue weighted by atomic mass is 79.9. The summed E-state index contributed by atoms with van der Waals surface area (Å²) >= 11 is 19.7. The molecular weight excluding hydrogens is 1760 g/mol. The smallest absolute Gasteiger partial charge is 0.369 e. The molecule has 3 N–H and O–H groups in total. The van der Waals surface area contributed by atoms with Gasteiger partial charge >= 0.3 is 3.18 Å². The van der Waals surface area contributed by atoms with Crippen LogP contribution < -0.4 is 39.4 Å². The fourth-order valence-electron chi connectivity index (χ4n) is 15.8. The summed E-state index contributed by atoms with van der Waals surface area (Å²) in [5.41, 5.74) is 8.78. The summed E-state index contributed by atoms with van der Waals surface area (Å²) in [6, 6.07) is 56.0. The van der Waals surface area contributed by atoms with E-state index in [1.807, 2.05) is 91.0 Å². The molecule has 27 heteroatoms. The minimum absolute atomic E-state index is 0.134. The Bertz CT molecular complexity index is 4850. The number of thiophene rings is 2. The molecule has 8 aliphatic heterocycles. The molecule has 0 bridgehead atoms. The van der Waals surface area contributed by atoms with Gasteiger partial charge in [0, 0.05) is 142 Å². The zero-order chi connectivity index (χ0) is 76.0. The molecule has 6 fully saturated rings. The Balaban J connectivity index is 0.000000159. The molecule has 10 aromatic rings. The maximum absolute atomic E-state index is 13.1. The first-order chi connectivity index (χ1) is 53.2. The number of hydrogen-bond donors (Lipinski definition) is 3. The number of nitrogens with zero attached hydrogens (tertiary/aromatic N) is 6. The zero-order valence-corrected chi connectivity index (χ0v) is 69.4. The number of halogens is 5. The number of phenols is 1. The van der Waals surface area contributed by atoms with Crippen LogP contribution in [0.15, 0.2) is 179 Å². The number of aryl methyl sites for hydroxylation is 1. The number of aromatic hydroxyl groups is 1. The first-order valence-electron chi connectivity index (χ1n) is 36.9. The van der Waals surface area contributed by atoms with Crippen molar-refractivity contribution >= 4 is 172 Å². The third-order valence-electron chi connectivity index (χ3n) is 21.8. The number of benzene rings is 8. The average molecular weight is 1840 g/mol. The van der Waals surface area contributed by atoms with Gasteiger partial charge in [0.1, 0.15) is 53.0 Å². The second-order valence-electron chi connectivity index (χ2n) is 28.9. The van der Waals surface area contributed by atoms with Gasteiger partial charge in [0.05, 0.1) is 9.75 Å². The lowest BCUT2D eigenvalue weighted by Crippen LogP contribution is -2.61. The van der Waals surface area contributed by atoms with E-state index >= 15 is 0 Å². The Morgan fingerprint density at radius 2 is 0.855 bits per heavy atom. The Labute approximate surface area is 686 Å². The van der Waals surface area contributed by atoms with Gasteiger partial charge in [0.25, 0.3) is 11.8 Å². The van der Waals surface area contributed by atoms with E-state index in [1.54, 1.807) is 44.6 Å². The molecule has 6 saturated heterocycles. The maximum atomic E-state index is 13.1. The van der Waals surface area contributed by atoms with E-state index < -0.39 is 12.1 Å². The Morgan fingerprint density at radius 3 is 1.26 bits per heavy atom. The lowest BCUT2D eigenvalue weighted by Gasteiger charge is -2.48. The molecule has 564 valence electrons. The molecule has 10 heterocycles. The summed E-state index contributed by atoms with van der Waals surface area (Å²) in [6.07, 6.45) is 5.42. The van der Waals surface area contributed by atoms with Crippen LogP contribution in [-0.2, 0) is 32.3 Å². The number of ether oxygens (including phenoxy) is 4. The van der Waals surface area contributed by atoms with E-state index in [0.717, 1.165) is 180 Å². The molecular formula is C83H76BBr5N8O11S2. The molecule has 0 radical (unpaired) electrons. The van der Waals surface area contributed by atoms with E-state index in [2.05, 4.69) is 183 Å². The predicted octanol–water partition coefficient (Wildman–Crippen LogP) is 17.4. The molecule has 0 saturated carbocycles. The summed E-state index contributed by atoms with van der Waals surface area (Å²) < 4.78 is 30.5. The van der Waals surface area contributed by atoms with E-state index in [0.29, 0.717) is 49.1 Å². The van der Waals surface area contributed by atoms with Gasteiger partial charge in [-0.05, 0) is 213 Å². The number of piperidine rings is 4. The molecule has 8 aliphatic rings. The molecule has 0 spiro atoms. The lowest BCUT2D eigenvalue weighted by molar-refractivity contribution is -0.138. The van der Waals surface area contributed by atoms with Crippen molar-refractivity contribution in [2.45, 2.75) is 108 Å². The number of carbonyl (C=O) groups is 6. The number of imide groups is 2. The van der Waals surface area contributed by atoms with E-state index in [1.165, 1.54) is 10.3 Å². The zero-order valence-electron chi connectivity index (χ0n) is 59.9. The summed E-state index contributed by atoms with van der Waals surface area (Å²) in [4.78, 5) is 89.4. The van der Waals surface area contributed by atoms with Gasteiger partial charge < -0.3 is 43.7 Å². The van der Waals surface area contributed by atoms with Crippen molar-refractivity contribution in [1.29, 1.82) is 0 Å². The SMILES string of the molecule is BrB(Br)Br.Cc1ccc2c(Oc3ccc(OC4CCN(C5CN(c6ccc7c(c6)CN(C6CCC(=O)NC6=O)C7=O)C5)CC4)cc3)c(-c3ccc(Br)cc3)sc2c1.O=C1CCC(N2Cc3cc(N4CC(N5CCC(Oc6ccc(Oc7c(-c8ccc(Br)cc8)sc8cc(O)ccc78)cc6)CC5)C4)ccc3C2=O)C(=O)N1. The fourth-order valence-corrected chi connectivity index (χ4v) is 18.8. The number of nitrogens with one attached hydrogen (secondary N) is 2. The number of rotatable bonds is 16. The highest BCUT2D eigenvalue weighted by molar-refractivity contribution is 9.69. The highest BCUT2D eigenvalue weighted by Crippen LogP contribution is 2.50. The molecule has 19 nitrogen and oxygen atoms in total. The van der Waals surface area contributed by atoms with Gasteiger partial charge in [-0.1, -0.05) is 62.2 Å². The van der Waals surface area contributed by atoms with Gasteiger partial charge in [-0.25, -0.2) is 0 Å². The molecule has 110 heavy (non-hydrogen) atoms. The number of hydrogen-bond acceptors (Lipinski definition) is 17. The van der Waals surface area contributed by atoms with Crippen molar-refractivity contribution in [1.82, 2.24) is 30.2 Å². The van der Waals surface area contributed by atoms with Crippen LogP contribution in [0.2, 0.25) is 0 Å². The number of amides is 6. The summed E-state index contributed by atoms with van der Waals surface area (Å²) in [5, 5.41) is 16.9. The van der Waals surface area contributed by atoms with Crippen molar-refractivity contribution < 1.29 is 52.8 Å². The first-order valence-corrected chi connectivity index (χ1v) is 42.9. The molecule has 0 aliphatic carbocycles. The van der Waals surface area contributed by atoms with Crippen LogP contribution >= 0.6 is 102 Å². The molecule has 2 atom stereocenters. The van der Waals surface area contributed by atoms with Crippen LogP contribution in [-0.4, -0.2) is 152 Å². The van der Waals surface area contributed by atoms with Gasteiger partial charge in [0.15, 0.2) is 11.5 Å². The van der Waals surface area contributed by atoms with Crippen molar-refractivity contribution in [2.24, 2.45) is 0 Å². The largest absolute Gasteiger partial charge is 0.508 e. The summed E-state index contributed by atoms with van der Waals surface area (Å²) in [7, 11) is 0. The van der Waals surface area contributed by atoms with Gasteiger partial charge in [0.2, 0.25) is 23.6 Å². The highest BCUT2D eigenvalue weighted by Gasteiger charge is 2.43. The standard InChI is InChI=1S/C42H39BrN4O5S.C41H37BrN4O6S.BBr3/c1-25-2-12-35-37(20-25)53-40(26-3-5-28(43)6-4-26)39(35)52-32-10-8-31(9-11-32)51-33-16-18-45(19-17-33)30-23-46(24-30)29-7-13-34-27(21-29)22-47(42(34)50)36-14-15-38(48)44-41(36)49;42-26-3-1-24(2-4-26)39-38(34-12-6-29(47)20-36(34)53-39)52-31-9-7-30(8-10-31)51-32-15-17-44(18-16-32)28-22-45(23-28)27-5-11-33-25(19-27)21-46(41(33)50)35-13-14-37(48)43-40(35)49;2-1(3)4/h2-13,20-21,30,33,36H,14-19,22-24H2,1H3,(H,44,48,49);1-12,19-20,28,32,35,47H,13-18,21-23H2,(H,43,48,49);. The van der Waals surface area contributed by atoms with E-state index in [-0.39, 0.29) is 69.4 Å². The summed E-state index contributed by atoms with van der Waals surface area (Å²) in [5.74, 6) is 3.46. The maximum Gasteiger partial charge on any atom is 0.369 e. The van der Waals surface area contributed by atoms with Crippen molar-refractivity contribution in [3.05, 3.63) is 207 Å². The molecule has 6 amide bonds. The molecule has 8 aromatic carbocycles. The Kier molecular flexibility index (Phi) is 22.7. The van der Waals surface area contributed by atoms with Crippen LogP contribution in [0, 0.1) is 6.92 Å². The average Bonchev–Trinajstić information content (AvgIpc) is 1.61. The number of phenolic OH excluding ortho intramolecular Hbond substituents is 1. The van der Waals surface area contributed by atoms with E-state index in [4.69, 9.17) is 18.9 Å². The minimum Gasteiger partial charge on any atom is -0.508 e. The monoisotopic (exact) mass is 1830 g/mol. The Hall–Kier alpha value is -8.12. The number of carbonyl (C=O) groups excluding carboxylic acids is 6. The van der Waals surface area contributed by atoms with Crippen molar-refractivity contribution in [3.63, 3.8) is 0 Å². The van der Waals surface area contributed by atoms with Gasteiger partial charge in [-0.2, -0.15) is 0 Å². The lowest BCUT2D eigenvalue weighted by atomic mass is 9.99. The van der Waals surface area contributed by atoms with Gasteiger partial charge in [-0.15, -0.1) is 69.9 Å². The van der Waals surface area contributed by atoms with Crippen LogP contribution in [0.4, 0.5) is 11.4 Å². The molecule has 2 aromatic heterocycles. The minimum atomic E-state index is -0.600. The topological polar surface area (TPSA) is 203 Å².